The average molecular weight is 331 g/mol. The Hall–Kier alpha value is -3.34. The molecule has 4 nitrogen and oxygen atoms in total. The van der Waals surface area contributed by atoms with Crippen molar-refractivity contribution in [2.75, 3.05) is 0 Å². The Bertz CT molecular complexity index is 1130. The van der Waals surface area contributed by atoms with E-state index in [1.807, 2.05) is 31.2 Å². The maximum Gasteiger partial charge on any atom is 0.280 e. The van der Waals surface area contributed by atoms with E-state index >= 15 is 0 Å². The molecule has 0 bridgehead atoms. The first-order chi connectivity index (χ1) is 12.1. The van der Waals surface area contributed by atoms with E-state index < -0.39 is 0 Å². The summed E-state index contributed by atoms with van der Waals surface area (Å²) in [6, 6.07) is 17.0. The van der Waals surface area contributed by atoms with Gasteiger partial charge in [-0.2, -0.15) is 9.78 Å². The van der Waals surface area contributed by atoms with Gasteiger partial charge in [0.1, 0.15) is 17.0 Å². The van der Waals surface area contributed by atoms with Crippen molar-refractivity contribution in [3.05, 3.63) is 88.6 Å². The Balaban J connectivity index is 2.07. The summed E-state index contributed by atoms with van der Waals surface area (Å²) in [7, 11) is 0. The minimum absolute atomic E-state index is 0.286. The van der Waals surface area contributed by atoms with Gasteiger partial charge in [-0.3, -0.25) is 9.78 Å². The smallest absolute Gasteiger partial charge is 0.267 e. The fourth-order valence-electron chi connectivity index (χ4n) is 2.82. The highest BCUT2D eigenvalue weighted by Crippen LogP contribution is 2.24. The SMILES string of the molecule is Cc1cccc(-c2nn(-c3ccc(F)cc3)c(=O)c3cccnc23)c1. The van der Waals surface area contributed by atoms with Crippen LogP contribution in [0.1, 0.15) is 5.56 Å². The van der Waals surface area contributed by atoms with E-state index in [0.717, 1.165) is 11.1 Å². The topological polar surface area (TPSA) is 47.8 Å². The molecular formula is C20H14FN3O. The zero-order chi connectivity index (χ0) is 17.4. The van der Waals surface area contributed by atoms with Crippen LogP contribution in [-0.2, 0) is 0 Å². The molecule has 25 heavy (non-hydrogen) atoms. The Morgan fingerprint density at radius 2 is 1.80 bits per heavy atom. The van der Waals surface area contributed by atoms with Gasteiger partial charge in [-0.1, -0.05) is 23.8 Å². The quantitative estimate of drug-likeness (QED) is 0.560. The fourth-order valence-corrected chi connectivity index (χ4v) is 2.82. The van der Waals surface area contributed by atoms with Gasteiger partial charge in [-0.25, -0.2) is 4.39 Å². The van der Waals surface area contributed by atoms with Crippen LogP contribution in [0.4, 0.5) is 4.39 Å². The summed E-state index contributed by atoms with van der Waals surface area (Å²) in [6.45, 7) is 2.00. The molecule has 0 atom stereocenters. The second-order valence-electron chi connectivity index (χ2n) is 5.81. The highest BCUT2D eigenvalue weighted by Gasteiger charge is 2.14. The van der Waals surface area contributed by atoms with Crippen LogP contribution in [0.25, 0.3) is 27.8 Å². The zero-order valence-electron chi connectivity index (χ0n) is 13.5. The van der Waals surface area contributed by atoms with Gasteiger partial charge in [0.05, 0.1) is 11.1 Å². The van der Waals surface area contributed by atoms with Crippen LogP contribution in [0.3, 0.4) is 0 Å². The van der Waals surface area contributed by atoms with E-state index in [2.05, 4.69) is 10.1 Å². The van der Waals surface area contributed by atoms with Crippen molar-refractivity contribution in [3.8, 4) is 16.9 Å². The molecular weight excluding hydrogens is 317 g/mol. The van der Waals surface area contributed by atoms with Gasteiger partial charge in [0.25, 0.3) is 5.56 Å². The summed E-state index contributed by atoms with van der Waals surface area (Å²) < 4.78 is 14.5. The minimum atomic E-state index is -0.363. The Kier molecular flexibility index (Phi) is 3.61. The molecule has 0 saturated heterocycles. The molecule has 0 amide bonds. The zero-order valence-corrected chi connectivity index (χ0v) is 13.5. The van der Waals surface area contributed by atoms with Crippen LogP contribution in [0, 0.1) is 12.7 Å². The van der Waals surface area contributed by atoms with E-state index in [1.54, 1.807) is 18.3 Å². The fraction of sp³-hybridized carbons (Fsp3) is 0.0500. The van der Waals surface area contributed by atoms with Gasteiger partial charge >= 0.3 is 0 Å². The highest BCUT2D eigenvalue weighted by atomic mass is 19.1. The summed E-state index contributed by atoms with van der Waals surface area (Å²) in [6.07, 6.45) is 1.64. The first-order valence-corrected chi connectivity index (χ1v) is 7.84. The van der Waals surface area contributed by atoms with Gasteiger partial charge in [0, 0.05) is 11.8 Å². The van der Waals surface area contributed by atoms with Crippen molar-refractivity contribution in [1.82, 2.24) is 14.8 Å². The lowest BCUT2D eigenvalue weighted by molar-refractivity contribution is 0.626. The van der Waals surface area contributed by atoms with Gasteiger partial charge in [-0.15, -0.1) is 0 Å². The van der Waals surface area contributed by atoms with Crippen molar-refractivity contribution < 1.29 is 4.39 Å². The maximum absolute atomic E-state index is 13.2. The van der Waals surface area contributed by atoms with Gasteiger partial charge in [0.2, 0.25) is 0 Å². The monoisotopic (exact) mass is 331 g/mol. The van der Waals surface area contributed by atoms with E-state index in [1.165, 1.54) is 28.9 Å². The summed E-state index contributed by atoms with van der Waals surface area (Å²) in [5.41, 5.74) is 3.35. The van der Waals surface area contributed by atoms with Crippen molar-refractivity contribution >= 4 is 10.9 Å². The molecule has 2 aromatic heterocycles. The highest BCUT2D eigenvalue weighted by molar-refractivity contribution is 5.90. The van der Waals surface area contributed by atoms with Crippen LogP contribution < -0.4 is 5.56 Å². The first kappa shape index (κ1) is 15.2. The molecule has 0 unspecified atom stereocenters. The summed E-state index contributed by atoms with van der Waals surface area (Å²) in [5, 5.41) is 5.00. The van der Waals surface area contributed by atoms with Crippen LogP contribution in [0.5, 0.6) is 0 Å². The predicted molar refractivity (Wildman–Crippen MR) is 95.3 cm³/mol. The molecule has 4 aromatic rings. The van der Waals surface area contributed by atoms with E-state index in [4.69, 9.17) is 0 Å². The molecule has 0 radical (unpaired) electrons. The molecule has 0 aliphatic heterocycles. The molecule has 122 valence electrons. The third-order valence-electron chi connectivity index (χ3n) is 4.02. The molecule has 5 heteroatoms. The Labute approximate surface area is 143 Å². The van der Waals surface area contributed by atoms with Crippen LogP contribution in [-0.4, -0.2) is 14.8 Å². The molecule has 0 aliphatic carbocycles. The van der Waals surface area contributed by atoms with Crippen LogP contribution in [0.2, 0.25) is 0 Å². The van der Waals surface area contributed by atoms with E-state index in [9.17, 15) is 9.18 Å². The number of hydrogen-bond donors (Lipinski definition) is 0. The molecule has 0 N–H and O–H groups in total. The molecule has 0 spiro atoms. The standard InChI is InChI=1S/C20H14FN3O/c1-13-4-2-5-14(12-13)18-19-17(6-3-11-22-19)20(25)24(23-18)16-9-7-15(21)8-10-16/h2-12H,1H3. The lowest BCUT2D eigenvalue weighted by Crippen LogP contribution is -2.22. The van der Waals surface area contributed by atoms with Crippen molar-refractivity contribution in [2.45, 2.75) is 6.92 Å². The number of fused-ring (bicyclic) bond motifs is 1. The van der Waals surface area contributed by atoms with E-state index in [0.29, 0.717) is 22.3 Å². The number of rotatable bonds is 2. The lowest BCUT2D eigenvalue weighted by Gasteiger charge is -2.11. The number of pyridine rings is 1. The van der Waals surface area contributed by atoms with Crippen molar-refractivity contribution in [2.24, 2.45) is 0 Å². The molecule has 0 saturated carbocycles. The van der Waals surface area contributed by atoms with Crippen molar-refractivity contribution in [3.63, 3.8) is 0 Å². The lowest BCUT2D eigenvalue weighted by atomic mass is 10.1. The third kappa shape index (κ3) is 2.70. The number of hydrogen-bond acceptors (Lipinski definition) is 3. The number of nitrogens with zero attached hydrogens (tertiary/aromatic N) is 3. The maximum atomic E-state index is 13.2. The normalized spacial score (nSPS) is 11.0. The Morgan fingerprint density at radius 3 is 2.56 bits per heavy atom. The predicted octanol–water partition coefficient (Wildman–Crippen LogP) is 3.90. The van der Waals surface area contributed by atoms with Gasteiger partial charge < -0.3 is 0 Å². The first-order valence-electron chi connectivity index (χ1n) is 7.84. The average Bonchev–Trinajstić information content (AvgIpc) is 2.63. The summed E-state index contributed by atoms with van der Waals surface area (Å²) in [4.78, 5) is 17.2. The van der Waals surface area contributed by atoms with Crippen molar-refractivity contribution in [1.29, 1.82) is 0 Å². The number of benzene rings is 2. The third-order valence-corrected chi connectivity index (χ3v) is 4.02. The van der Waals surface area contributed by atoms with Crippen LogP contribution >= 0.6 is 0 Å². The Morgan fingerprint density at radius 1 is 1.00 bits per heavy atom. The molecule has 2 heterocycles. The number of aromatic nitrogens is 3. The van der Waals surface area contributed by atoms with Crippen LogP contribution in [0.15, 0.2) is 71.7 Å². The summed E-state index contributed by atoms with van der Waals surface area (Å²) >= 11 is 0. The molecule has 0 aliphatic rings. The van der Waals surface area contributed by atoms with Gasteiger partial charge in [-0.05, 0) is 49.4 Å². The molecule has 0 fully saturated rings. The second kappa shape index (κ2) is 5.94. The number of aryl methyl sites for hydroxylation is 1. The minimum Gasteiger partial charge on any atom is -0.267 e. The summed E-state index contributed by atoms with van der Waals surface area (Å²) in [5.74, 6) is -0.363. The molecule has 2 aromatic carbocycles. The van der Waals surface area contributed by atoms with Gasteiger partial charge in [0.15, 0.2) is 0 Å². The number of halogens is 1. The largest absolute Gasteiger partial charge is 0.280 e. The van der Waals surface area contributed by atoms with E-state index in [-0.39, 0.29) is 11.4 Å². The molecule has 4 rings (SSSR count). The second-order valence-corrected chi connectivity index (χ2v) is 5.81.